The van der Waals surface area contributed by atoms with Crippen LogP contribution in [0.3, 0.4) is 0 Å². The van der Waals surface area contributed by atoms with Crippen molar-refractivity contribution in [3.05, 3.63) is 85.9 Å². The minimum atomic E-state index is 0.505. The second kappa shape index (κ2) is 9.99. The van der Waals surface area contributed by atoms with Gasteiger partial charge < -0.3 is 14.8 Å². The molecule has 5 heteroatoms. The van der Waals surface area contributed by atoms with Crippen LogP contribution in [0.4, 0.5) is 5.69 Å². The lowest BCUT2D eigenvalue weighted by atomic mass is 10.2. The van der Waals surface area contributed by atoms with Crippen LogP contribution in [0.15, 0.2) is 71.2 Å². The molecule has 0 radical (unpaired) electrons. The van der Waals surface area contributed by atoms with Gasteiger partial charge in [0.15, 0.2) is 11.5 Å². The molecule has 0 aliphatic heterocycles. The molecule has 0 fully saturated rings. The zero-order chi connectivity index (χ0) is 19.1. The van der Waals surface area contributed by atoms with Crippen molar-refractivity contribution in [1.82, 2.24) is 0 Å². The highest BCUT2D eigenvalue weighted by atomic mass is 127. The summed E-state index contributed by atoms with van der Waals surface area (Å²) in [5.41, 5.74) is 3.37. The highest BCUT2D eigenvalue weighted by Crippen LogP contribution is 2.35. The highest BCUT2D eigenvalue weighted by molar-refractivity contribution is 14.1. The molecule has 1 N–H and O–H groups in total. The molecule has 0 saturated heterocycles. The summed E-state index contributed by atoms with van der Waals surface area (Å²) in [4.78, 5) is 0. The van der Waals surface area contributed by atoms with Crippen molar-refractivity contribution in [1.29, 1.82) is 0 Å². The average molecular weight is 538 g/mol. The van der Waals surface area contributed by atoms with Gasteiger partial charge in [0.2, 0.25) is 0 Å². The standard InChI is InChI=1S/C22H21BrINO2/c1-2-26-21-13-17(14-25-19-6-4-3-5-7-19)12-20(24)22(21)27-15-16-8-10-18(23)11-9-16/h3-13,25H,2,14-15H2,1H3. The van der Waals surface area contributed by atoms with Crippen LogP contribution < -0.4 is 14.8 Å². The maximum atomic E-state index is 6.10. The second-order valence-electron chi connectivity index (χ2n) is 5.97. The Balaban J connectivity index is 1.74. The van der Waals surface area contributed by atoms with Gasteiger partial charge in [0.25, 0.3) is 0 Å². The summed E-state index contributed by atoms with van der Waals surface area (Å²) < 4.78 is 14.1. The third kappa shape index (κ3) is 5.87. The van der Waals surface area contributed by atoms with Gasteiger partial charge in [-0.25, -0.2) is 0 Å². The average Bonchev–Trinajstić information content (AvgIpc) is 2.68. The third-order valence-corrected chi connectivity index (χ3v) is 5.27. The number of anilines is 1. The van der Waals surface area contributed by atoms with Crippen molar-refractivity contribution in [2.75, 3.05) is 11.9 Å². The number of benzene rings is 3. The lowest BCUT2D eigenvalue weighted by Crippen LogP contribution is -2.05. The van der Waals surface area contributed by atoms with E-state index in [2.05, 4.69) is 80.2 Å². The number of halogens is 2. The van der Waals surface area contributed by atoms with Gasteiger partial charge in [-0.3, -0.25) is 0 Å². The Kier molecular flexibility index (Phi) is 7.41. The lowest BCUT2D eigenvalue weighted by molar-refractivity contribution is 0.267. The molecule has 0 amide bonds. The molecule has 3 rings (SSSR count). The molecule has 0 atom stereocenters. The molecule has 0 heterocycles. The highest BCUT2D eigenvalue weighted by Gasteiger charge is 2.13. The smallest absolute Gasteiger partial charge is 0.174 e. The zero-order valence-corrected chi connectivity index (χ0v) is 18.8. The van der Waals surface area contributed by atoms with E-state index in [0.29, 0.717) is 13.2 Å². The molecule has 3 nitrogen and oxygen atoms in total. The third-order valence-electron chi connectivity index (χ3n) is 3.94. The largest absolute Gasteiger partial charge is 0.490 e. The number of rotatable bonds is 8. The van der Waals surface area contributed by atoms with Gasteiger partial charge in [-0.1, -0.05) is 46.3 Å². The summed E-state index contributed by atoms with van der Waals surface area (Å²) in [7, 11) is 0. The Labute approximate surface area is 182 Å². The molecule has 0 aliphatic carbocycles. The van der Waals surface area contributed by atoms with E-state index in [9.17, 15) is 0 Å². The number of nitrogens with one attached hydrogen (secondary N) is 1. The molecule has 27 heavy (non-hydrogen) atoms. The topological polar surface area (TPSA) is 30.5 Å². The van der Waals surface area contributed by atoms with Crippen LogP contribution in [0.25, 0.3) is 0 Å². The maximum Gasteiger partial charge on any atom is 0.174 e. The van der Waals surface area contributed by atoms with Gasteiger partial charge in [0, 0.05) is 16.7 Å². The van der Waals surface area contributed by atoms with Crippen molar-refractivity contribution in [3.8, 4) is 11.5 Å². The molecular formula is C22H21BrINO2. The molecule has 0 spiro atoms. The fraction of sp³-hybridized carbons (Fsp3) is 0.182. The van der Waals surface area contributed by atoms with Crippen LogP contribution >= 0.6 is 38.5 Å². The Morgan fingerprint density at radius 3 is 2.37 bits per heavy atom. The van der Waals surface area contributed by atoms with Gasteiger partial charge >= 0.3 is 0 Å². The molecule has 3 aromatic carbocycles. The number of ether oxygens (including phenoxy) is 2. The minimum Gasteiger partial charge on any atom is -0.490 e. The Bertz CT molecular complexity index is 869. The van der Waals surface area contributed by atoms with Crippen LogP contribution in [0.1, 0.15) is 18.1 Å². The van der Waals surface area contributed by atoms with Gasteiger partial charge in [-0.05, 0) is 77.0 Å². The second-order valence-corrected chi connectivity index (χ2v) is 8.05. The van der Waals surface area contributed by atoms with Crippen molar-refractivity contribution >= 4 is 44.2 Å². The summed E-state index contributed by atoms with van der Waals surface area (Å²) in [6.45, 7) is 3.82. The van der Waals surface area contributed by atoms with Crippen molar-refractivity contribution in [2.24, 2.45) is 0 Å². The Morgan fingerprint density at radius 2 is 1.67 bits per heavy atom. The summed E-state index contributed by atoms with van der Waals surface area (Å²) >= 11 is 5.77. The first-order chi connectivity index (χ1) is 13.2. The van der Waals surface area contributed by atoms with Crippen LogP contribution in [0, 0.1) is 3.57 Å². The monoisotopic (exact) mass is 537 g/mol. The van der Waals surface area contributed by atoms with E-state index >= 15 is 0 Å². The first-order valence-corrected chi connectivity index (χ1v) is 10.6. The van der Waals surface area contributed by atoms with Crippen LogP contribution in [0.5, 0.6) is 11.5 Å². The summed E-state index contributed by atoms with van der Waals surface area (Å²) in [5.74, 6) is 1.58. The van der Waals surface area contributed by atoms with E-state index in [1.807, 2.05) is 37.3 Å². The minimum absolute atomic E-state index is 0.505. The zero-order valence-electron chi connectivity index (χ0n) is 15.0. The fourth-order valence-electron chi connectivity index (χ4n) is 2.62. The number of para-hydroxylation sites is 1. The number of hydrogen-bond donors (Lipinski definition) is 1. The molecule has 0 saturated carbocycles. The van der Waals surface area contributed by atoms with E-state index in [1.165, 1.54) is 0 Å². The molecule has 140 valence electrons. The van der Waals surface area contributed by atoms with Gasteiger partial charge in [-0.15, -0.1) is 0 Å². The van der Waals surface area contributed by atoms with E-state index in [1.54, 1.807) is 0 Å². The van der Waals surface area contributed by atoms with Gasteiger partial charge in [-0.2, -0.15) is 0 Å². The predicted octanol–water partition coefficient (Wildman–Crippen LogP) is 6.64. The van der Waals surface area contributed by atoms with E-state index in [-0.39, 0.29) is 0 Å². The maximum absolute atomic E-state index is 6.10. The van der Waals surface area contributed by atoms with Crippen LogP contribution in [0.2, 0.25) is 0 Å². The molecule has 0 aromatic heterocycles. The van der Waals surface area contributed by atoms with Crippen molar-refractivity contribution in [3.63, 3.8) is 0 Å². The Hall–Kier alpha value is -1.73. The molecule has 0 bridgehead atoms. The first kappa shape index (κ1) is 20.0. The van der Waals surface area contributed by atoms with Crippen LogP contribution in [-0.4, -0.2) is 6.61 Å². The quantitative estimate of drug-likeness (QED) is 0.326. The van der Waals surface area contributed by atoms with Gasteiger partial charge in [0.05, 0.1) is 10.2 Å². The van der Waals surface area contributed by atoms with Gasteiger partial charge in [0.1, 0.15) is 6.61 Å². The first-order valence-electron chi connectivity index (χ1n) is 8.77. The molecule has 3 aromatic rings. The van der Waals surface area contributed by atoms with Crippen molar-refractivity contribution in [2.45, 2.75) is 20.1 Å². The van der Waals surface area contributed by atoms with E-state index in [0.717, 1.165) is 42.9 Å². The normalized spacial score (nSPS) is 10.5. The van der Waals surface area contributed by atoms with Crippen molar-refractivity contribution < 1.29 is 9.47 Å². The van der Waals surface area contributed by atoms with E-state index in [4.69, 9.17) is 9.47 Å². The fourth-order valence-corrected chi connectivity index (χ4v) is 3.71. The molecular weight excluding hydrogens is 517 g/mol. The number of hydrogen-bond acceptors (Lipinski definition) is 3. The lowest BCUT2D eigenvalue weighted by Gasteiger charge is -2.16. The van der Waals surface area contributed by atoms with E-state index < -0.39 is 0 Å². The molecule has 0 aliphatic rings. The SMILES string of the molecule is CCOc1cc(CNc2ccccc2)cc(I)c1OCc1ccc(Br)cc1. The predicted molar refractivity (Wildman–Crippen MR) is 123 cm³/mol. The summed E-state index contributed by atoms with van der Waals surface area (Å²) in [5, 5.41) is 3.44. The Morgan fingerprint density at radius 1 is 0.926 bits per heavy atom. The summed E-state index contributed by atoms with van der Waals surface area (Å²) in [6.07, 6.45) is 0. The summed E-state index contributed by atoms with van der Waals surface area (Å²) in [6, 6.07) is 22.5. The molecule has 0 unspecified atom stereocenters. The van der Waals surface area contributed by atoms with Crippen LogP contribution in [-0.2, 0) is 13.2 Å².